The van der Waals surface area contributed by atoms with Crippen LogP contribution in [-0.4, -0.2) is 52.2 Å². The highest BCUT2D eigenvalue weighted by molar-refractivity contribution is 6.35. The van der Waals surface area contributed by atoms with Gasteiger partial charge in [0.1, 0.15) is 11.4 Å². The highest BCUT2D eigenvalue weighted by Gasteiger charge is 2.34. The molecule has 9 heteroatoms. The Morgan fingerprint density at radius 1 is 1.11 bits per heavy atom. The first kappa shape index (κ1) is 25.1. The number of hydrogen-bond acceptors (Lipinski definition) is 6. The Hall–Kier alpha value is -2.61. The predicted molar refractivity (Wildman–Crippen MR) is 142 cm³/mol. The first-order chi connectivity index (χ1) is 17.1. The zero-order valence-electron chi connectivity index (χ0n) is 20.9. The summed E-state index contributed by atoms with van der Waals surface area (Å²) in [5.41, 5.74) is 2.34. The summed E-state index contributed by atoms with van der Waals surface area (Å²) in [5, 5.41) is 2.99. The molecule has 3 heterocycles. The molecule has 0 aliphatic carbocycles. The molecule has 0 radical (unpaired) electrons. The molecule has 1 saturated heterocycles. The van der Waals surface area contributed by atoms with Crippen LogP contribution < -0.4 is 4.90 Å². The second-order valence-electron chi connectivity index (χ2n) is 10.4. The number of carbonyl (C=O) groups excluding carboxylic acids is 1. The van der Waals surface area contributed by atoms with Gasteiger partial charge in [-0.25, -0.2) is 14.8 Å². The zero-order valence-corrected chi connectivity index (χ0v) is 22.4. The maximum absolute atomic E-state index is 12.7. The third kappa shape index (κ3) is 4.97. The highest BCUT2D eigenvalue weighted by atomic mass is 35.5. The first-order valence-corrected chi connectivity index (χ1v) is 12.9. The number of ether oxygens (including phenoxy) is 2. The van der Waals surface area contributed by atoms with E-state index < -0.39 is 5.60 Å². The molecule has 5 rings (SSSR count). The summed E-state index contributed by atoms with van der Waals surface area (Å²) in [6.07, 6.45) is 0.0858. The van der Waals surface area contributed by atoms with E-state index in [4.69, 9.17) is 32.7 Å². The number of halogens is 2. The molecule has 7 nitrogen and oxygen atoms in total. The lowest BCUT2D eigenvalue weighted by Gasteiger charge is -2.41. The van der Waals surface area contributed by atoms with Crippen LogP contribution in [-0.2, 0) is 22.5 Å². The topological polar surface area (TPSA) is 67.8 Å². The van der Waals surface area contributed by atoms with Crippen molar-refractivity contribution in [2.45, 2.75) is 58.5 Å². The van der Waals surface area contributed by atoms with Crippen molar-refractivity contribution in [3.8, 4) is 0 Å². The Labute approximate surface area is 221 Å². The summed E-state index contributed by atoms with van der Waals surface area (Å²) in [6.45, 7) is 9.77. The van der Waals surface area contributed by atoms with Gasteiger partial charge in [-0.2, -0.15) is 0 Å². The Balaban J connectivity index is 1.39. The molecule has 2 aliphatic heterocycles. The van der Waals surface area contributed by atoms with Crippen LogP contribution in [0.5, 0.6) is 0 Å². The van der Waals surface area contributed by atoms with E-state index in [1.54, 1.807) is 4.90 Å². The fraction of sp³-hybridized carbons (Fsp3) is 0.444. The van der Waals surface area contributed by atoms with E-state index in [1.807, 2.05) is 45.9 Å². The Bertz CT molecular complexity index is 1300. The van der Waals surface area contributed by atoms with Gasteiger partial charge in [-0.1, -0.05) is 41.9 Å². The van der Waals surface area contributed by atoms with Gasteiger partial charge >= 0.3 is 6.09 Å². The van der Waals surface area contributed by atoms with Gasteiger partial charge in [-0.05, 0) is 56.3 Å². The number of anilines is 1. The lowest BCUT2D eigenvalue weighted by atomic mass is 9.94. The molecule has 0 saturated carbocycles. The summed E-state index contributed by atoms with van der Waals surface area (Å²) in [4.78, 5) is 25.7. The van der Waals surface area contributed by atoms with E-state index in [2.05, 4.69) is 33.1 Å². The third-order valence-corrected chi connectivity index (χ3v) is 7.12. The molecule has 1 unspecified atom stereocenters. The summed E-state index contributed by atoms with van der Waals surface area (Å²) in [6, 6.07) is 12.0. The van der Waals surface area contributed by atoms with Crippen LogP contribution in [0.4, 0.5) is 10.6 Å². The number of nitrogens with zero attached hydrogens (tertiary/aromatic N) is 4. The monoisotopic (exact) mass is 528 g/mol. The van der Waals surface area contributed by atoms with E-state index in [0.717, 1.165) is 33.4 Å². The zero-order chi connectivity index (χ0) is 25.6. The molecule has 36 heavy (non-hydrogen) atoms. The van der Waals surface area contributed by atoms with Gasteiger partial charge in [0.2, 0.25) is 5.28 Å². The number of rotatable bonds is 2. The highest BCUT2D eigenvalue weighted by Crippen LogP contribution is 2.39. The van der Waals surface area contributed by atoms with Crippen molar-refractivity contribution in [3.05, 3.63) is 63.5 Å². The number of piperazine rings is 1. The second-order valence-corrected chi connectivity index (χ2v) is 11.1. The summed E-state index contributed by atoms with van der Waals surface area (Å²) in [7, 11) is 0. The predicted octanol–water partition coefficient (Wildman–Crippen LogP) is 6.20. The van der Waals surface area contributed by atoms with E-state index >= 15 is 0 Å². The van der Waals surface area contributed by atoms with Crippen molar-refractivity contribution in [1.29, 1.82) is 0 Å². The van der Waals surface area contributed by atoms with Crippen molar-refractivity contribution in [2.75, 3.05) is 24.5 Å². The molecular weight excluding hydrogens is 499 g/mol. The molecule has 0 spiro atoms. The molecule has 2 aromatic carbocycles. The molecular formula is C27H30Cl2N4O3. The van der Waals surface area contributed by atoms with Crippen LogP contribution in [0.2, 0.25) is 10.3 Å². The van der Waals surface area contributed by atoms with Crippen LogP contribution in [0.3, 0.4) is 0 Å². The van der Waals surface area contributed by atoms with Crippen LogP contribution in [0.1, 0.15) is 50.6 Å². The Morgan fingerprint density at radius 2 is 1.86 bits per heavy atom. The van der Waals surface area contributed by atoms with Gasteiger partial charge < -0.3 is 19.3 Å². The average Bonchev–Trinajstić information content (AvgIpc) is 2.81. The fourth-order valence-corrected chi connectivity index (χ4v) is 5.49. The minimum absolute atomic E-state index is 0.0481. The van der Waals surface area contributed by atoms with E-state index in [9.17, 15) is 4.79 Å². The quantitative estimate of drug-likeness (QED) is 0.369. The molecule has 3 aromatic rings. The number of carbonyl (C=O) groups is 1. The first-order valence-electron chi connectivity index (χ1n) is 12.2. The molecule has 2 aliphatic rings. The van der Waals surface area contributed by atoms with Gasteiger partial charge in [-0.3, -0.25) is 0 Å². The SMILES string of the molecule is C[C@@H]1CN(c2nc(Cl)nc3c2COC(c2cccc4cccc(Cl)c24)C3)CCN1C(=O)OC(C)(C)C. The van der Waals surface area contributed by atoms with Crippen molar-refractivity contribution >= 4 is 45.9 Å². The van der Waals surface area contributed by atoms with Gasteiger partial charge in [0.25, 0.3) is 0 Å². The van der Waals surface area contributed by atoms with Crippen LogP contribution in [0, 0.1) is 0 Å². The Morgan fingerprint density at radius 3 is 2.58 bits per heavy atom. The van der Waals surface area contributed by atoms with Gasteiger partial charge in [-0.15, -0.1) is 0 Å². The number of benzene rings is 2. The number of aromatic nitrogens is 2. The maximum atomic E-state index is 12.7. The number of amides is 1. The molecule has 0 N–H and O–H groups in total. The van der Waals surface area contributed by atoms with E-state index in [-0.39, 0.29) is 23.5 Å². The fourth-order valence-electron chi connectivity index (χ4n) is 5.02. The van der Waals surface area contributed by atoms with Crippen molar-refractivity contribution in [2.24, 2.45) is 0 Å². The van der Waals surface area contributed by atoms with Crippen molar-refractivity contribution in [1.82, 2.24) is 14.9 Å². The second kappa shape index (κ2) is 9.69. The van der Waals surface area contributed by atoms with E-state index in [1.165, 1.54) is 0 Å². The van der Waals surface area contributed by atoms with Crippen LogP contribution in [0.15, 0.2) is 36.4 Å². The summed E-state index contributed by atoms with van der Waals surface area (Å²) >= 11 is 13.0. The van der Waals surface area contributed by atoms with Gasteiger partial charge in [0.05, 0.1) is 18.4 Å². The van der Waals surface area contributed by atoms with Crippen LogP contribution in [0.25, 0.3) is 10.8 Å². The Kier molecular flexibility index (Phi) is 6.74. The van der Waals surface area contributed by atoms with Crippen molar-refractivity contribution < 1.29 is 14.3 Å². The summed E-state index contributed by atoms with van der Waals surface area (Å²) < 4.78 is 12.0. The lowest BCUT2D eigenvalue weighted by Crippen LogP contribution is -2.55. The average molecular weight is 529 g/mol. The largest absolute Gasteiger partial charge is 0.444 e. The third-order valence-electron chi connectivity index (χ3n) is 6.64. The number of hydrogen-bond donors (Lipinski definition) is 0. The van der Waals surface area contributed by atoms with Gasteiger partial charge in [0, 0.05) is 48.1 Å². The molecule has 0 bridgehead atoms. The minimum atomic E-state index is -0.532. The minimum Gasteiger partial charge on any atom is -0.444 e. The van der Waals surface area contributed by atoms with Crippen LogP contribution >= 0.6 is 23.2 Å². The smallest absolute Gasteiger partial charge is 0.410 e. The summed E-state index contributed by atoms with van der Waals surface area (Å²) in [5.74, 6) is 0.773. The standard InChI is InChI=1S/C27H30Cl2N4O3/c1-16-14-32(11-12-33(16)26(34)36-27(2,3)4)24-19-15-35-22(13-21(19)30-25(29)31-24)18-9-5-7-17-8-6-10-20(28)23(17)18/h5-10,16,22H,11-15H2,1-4H3/t16-,22?/m1/s1. The number of fused-ring (bicyclic) bond motifs is 2. The van der Waals surface area contributed by atoms with E-state index in [0.29, 0.717) is 37.7 Å². The molecule has 1 fully saturated rings. The molecule has 1 aromatic heterocycles. The maximum Gasteiger partial charge on any atom is 0.410 e. The normalized spacial score (nSPS) is 20.4. The van der Waals surface area contributed by atoms with Crippen molar-refractivity contribution in [3.63, 3.8) is 0 Å². The lowest BCUT2D eigenvalue weighted by molar-refractivity contribution is 0.0154. The van der Waals surface area contributed by atoms with Gasteiger partial charge in [0.15, 0.2) is 0 Å². The molecule has 190 valence electrons. The molecule has 2 atom stereocenters. The molecule has 1 amide bonds.